The zero-order chi connectivity index (χ0) is 9.80. The molecule has 0 aliphatic carbocycles. The maximum absolute atomic E-state index is 5.54. The van der Waals surface area contributed by atoms with Crippen LogP contribution in [0.4, 0.5) is 5.69 Å². The number of ether oxygens (including phenoxy) is 1. The van der Waals surface area contributed by atoms with Gasteiger partial charge in [-0.05, 0) is 30.3 Å². The molecule has 0 unspecified atom stereocenters. The molecule has 2 rings (SSSR count). The topological polar surface area (TPSA) is 61.0 Å². The van der Waals surface area contributed by atoms with Gasteiger partial charge in [0.1, 0.15) is 5.75 Å². The number of rotatable bonds is 2. The lowest BCUT2D eigenvalue weighted by molar-refractivity contribution is 0.455. The number of nitrogen functional groups attached to an aromatic ring is 1. The highest BCUT2D eigenvalue weighted by molar-refractivity contribution is 5.42. The zero-order valence-corrected chi connectivity index (χ0v) is 7.42. The first-order valence-corrected chi connectivity index (χ1v) is 4.16. The van der Waals surface area contributed by atoms with Crippen molar-refractivity contribution in [2.45, 2.75) is 0 Å². The van der Waals surface area contributed by atoms with Gasteiger partial charge >= 0.3 is 0 Å². The maximum atomic E-state index is 5.54. The molecule has 1 aromatic carbocycles. The summed E-state index contributed by atoms with van der Waals surface area (Å²) in [5, 5.41) is 7.49. The Balaban J connectivity index is 2.16. The van der Waals surface area contributed by atoms with E-state index < -0.39 is 0 Å². The van der Waals surface area contributed by atoms with E-state index in [0.29, 0.717) is 17.3 Å². The fourth-order valence-electron chi connectivity index (χ4n) is 0.998. The SMILES string of the molecule is Nc1ccc(Oc2cccnn2)cc1. The Morgan fingerprint density at radius 2 is 1.86 bits per heavy atom. The fraction of sp³-hybridized carbons (Fsp3) is 0. The number of anilines is 1. The number of nitrogens with zero attached hydrogens (tertiary/aromatic N) is 2. The van der Waals surface area contributed by atoms with E-state index in [1.165, 1.54) is 0 Å². The van der Waals surface area contributed by atoms with Crippen molar-refractivity contribution < 1.29 is 4.74 Å². The first kappa shape index (κ1) is 8.50. The molecule has 0 spiro atoms. The van der Waals surface area contributed by atoms with Gasteiger partial charge in [0.25, 0.3) is 0 Å². The Morgan fingerprint density at radius 1 is 1.07 bits per heavy atom. The van der Waals surface area contributed by atoms with E-state index in [4.69, 9.17) is 10.5 Å². The van der Waals surface area contributed by atoms with Crippen molar-refractivity contribution >= 4 is 5.69 Å². The lowest BCUT2D eigenvalue weighted by Gasteiger charge is -2.02. The molecule has 0 atom stereocenters. The Kier molecular flexibility index (Phi) is 2.27. The molecule has 2 N–H and O–H groups in total. The van der Waals surface area contributed by atoms with Crippen LogP contribution < -0.4 is 10.5 Å². The normalized spacial score (nSPS) is 9.71. The second kappa shape index (κ2) is 3.74. The number of hydrogen-bond acceptors (Lipinski definition) is 4. The Hall–Kier alpha value is -2.10. The minimum Gasteiger partial charge on any atom is -0.438 e. The molecule has 2 aromatic rings. The molecular formula is C10H9N3O. The second-order valence-electron chi connectivity index (χ2n) is 2.73. The average Bonchev–Trinajstić information content (AvgIpc) is 2.23. The van der Waals surface area contributed by atoms with Crippen molar-refractivity contribution in [1.82, 2.24) is 10.2 Å². The van der Waals surface area contributed by atoms with Crippen molar-refractivity contribution in [3.63, 3.8) is 0 Å². The summed E-state index contributed by atoms with van der Waals surface area (Å²) in [6, 6.07) is 10.6. The van der Waals surface area contributed by atoms with Crippen LogP contribution in [0.2, 0.25) is 0 Å². The van der Waals surface area contributed by atoms with E-state index in [-0.39, 0.29) is 0 Å². The van der Waals surface area contributed by atoms with E-state index in [9.17, 15) is 0 Å². The van der Waals surface area contributed by atoms with Gasteiger partial charge in [0.15, 0.2) is 0 Å². The summed E-state index contributed by atoms with van der Waals surface area (Å²) < 4.78 is 5.40. The maximum Gasteiger partial charge on any atom is 0.238 e. The van der Waals surface area contributed by atoms with E-state index >= 15 is 0 Å². The number of aromatic nitrogens is 2. The van der Waals surface area contributed by atoms with Crippen molar-refractivity contribution in [1.29, 1.82) is 0 Å². The summed E-state index contributed by atoms with van der Waals surface area (Å²) in [6.07, 6.45) is 1.59. The third kappa shape index (κ3) is 1.98. The molecule has 1 aromatic heterocycles. The molecule has 0 amide bonds. The predicted octanol–water partition coefficient (Wildman–Crippen LogP) is 1.85. The Bertz CT molecular complexity index is 399. The highest BCUT2D eigenvalue weighted by Gasteiger charge is 1.96. The summed E-state index contributed by atoms with van der Waals surface area (Å²) in [5.74, 6) is 1.16. The van der Waals surface area contributed by atoms with Gasteiger partial charge in [-0.1, -0.05) is 0 Å². The van der Waals surface area contributed by atoms with E-state index in [1.807, 2.05) is 0 Å². The molecule has 0 saturated heterocycles. The average molecular weight is 187 g/mol. The highest BCUT2D eigenvalue weighted by Crippen LogP contribution is 2.19. The largest absolute Gasteiger partial charge is 0.438 e. The van der Waals surface area contributed by atoms with Crippen molar-refractivity contribution in [2.24, 2.45) is 0 Å². The summed E-state index contributed by atoms with van der Waals surface area (Å²) >= 11 is 0. The molecule has 4 nitrogen and oxygen atoms in total. The quantitative estimate of drug-likeness (QED) is 0.729. The van der Waals surface area contributed by atoms with Crippen LogP contribution in [-0.2, 0) is 0 Å². The van der Waals surface area contributed by atoms with Crippen LogP contribution in [0.1, 0.15) is 0 Å². The number of nitrogens with two attached hydrogens (primary N) is 1. The molecule has 0 aliphatic heterocycles. The molecule has 70 valence electrons. The molecular weight excluding hydrogens is 178 g/mol. The molecule has 0 bridgehead atoms. The Morgan fingerprint density at radius 3 is 2.50 bits per heavy atom. The predicted molar refractivity (Wildman–Crippen MR) is 53.0 cm³/mol. The highest BCUT2D eigenvalue weighted by atomic mass is 16.5. The minimum absolute atomic E-state index is 0.470. The van der Waals surface area contributed by atoms with Crippen LogP contribution in [0.15, 0.2) is 42.6 Å². The summed E-state index contributed by atoms with van der Waals surface area (Å²) in [4.78, 5) is 0. The summed E-state index contributed by atoms with van der Waals surface area (Å²) in [5.41, 5.74) is 6.24. The first-order chi connectivity index (χ1) is 6.84. The van der Waals surface area contributed by atoms with Gasteiger partial charge in [0, 0.05) is 18.0 Å². The lowest BCUT2D eigenvalue weighted by atomic mass is 10.3. The molecule has 0 radical (unpaired) electrons. The Labute approximate surface area is 81.3 Å². The first-order valence-electron chi connectivity index (χ1n) is 4.16. The van der Waals surface area contributed by atoms with Gasteiger partial charge in [-0.3, -0.25) is 0 Å². The summed E-state index contributed by atoms with van der Waals surface area (Å²) in [7, 11) is 0. The number of hydrogen-bond donors (Lipinski definition) is 1. The number of benzene rings is 1. The second-order valence-corrected chi connectivity index (χ2v) is 2.73. The minimum atomic E-state index is 0.470. The van der Waals surface area contributed by atoms with E-state index in [2.05, 4.69) is 10.2 Å². The molecule has 0 saturated carbocycles. The molecule has 4 heteroatoms. The van der Waals surface area contributed by atoms with E-state index in [0.717, 1.165) is 0 Å². The van der Waals surface area contributed by atoms with Crippen LogP contribution >= 0.6 is 0 Å². The van der Waals surface area contributed by atoms with Crippen molar-refractivity contribution in [2.75, 3.05) is 5.73 Å². The van der Waals surface area contributed by atoms with Gasteiger partial charge in [-0.15, -0.1) is 5.10 Å². The standard InChI is InChI=1S/C10H9N3O/c11-8-3-5-9(6-4-8)14-10-2-1-7-12-13-10/h1-7H,11H2. The van der Waals surface area contributed by atoms with Crippen LogP contribution in [0.3, 0.4) is 0 Å². The van der Waals surface area contributed by atoms with Crippen LogP contribution in [-0.4, -0.2) is 10.2 Å². The monoisotopic (exact) mass is 187 g/mol. The van der Waals surface area contributed by atoms with E-state index in [1.54, 1.807) is 42.6 Å². The van der Waals surface area contributed by atoms with Gasteiger partial charge in [0.05, 0.1) is 0 Å². The molecule has 14 heavy (non-hydrogen) atoms. The third-order valence-corrected chi connectivity index (χ3v) is 1.65. The zero-order valence-electron chi connectivity index (χ0n) is 7.42. The lowest BCUT2D eigenvalue weighted by Crippen LogP contribution is -1.89. The third-order valence-electron chi connectivity index (χ3n) is 1.65. The van der Waals surface area contributed by atoms with Crippen molar-refractivity contribution in [3.05, 3.63) is 42.6 Å². The van der Waals surface area contributed by atoms with Gasteiger partial charge < -0.3 is 10.5 Å². The van der Waals surface area contributed by atoms with Crippen LogP contribution in [0.25, 0.3) is 0 Å². The van der Waals surface area contributed by atoms with Gasteiger partial charge in [-0.25, -0.2) is 0 Å². The van der Waals surface area contributed by atoms with Gasteiger partial charge in [-0.2, -0.15) is 5.10 Å². The molecule has 0 fully saturated rings. The van der Waals surface area contributed by atoms with Crippen LogP contribution in [0, 0.1) is 0 Å². The molecule has 1 heterocycles. The molecule has 0 aliphatic rings. The fourth-order valence-corrected chi connectivity index (χ4v) is 0.998. The van der Waals surface area contributed by atoms with Crippen LogP contribution in [0.5, 0.6) is 11.6 Å². The smallest absolute Gasteiger partial charge is 0.238 e. The van der Waals surface area contributed by atoms with Crippen molar-refractivity contribution in [3.8, 4) is 11.6 Å². The summed E-state index contributed by atoms with van der Waals surface area (Å²) in [6.45, 7) is 0. The van der Waals surface area contributed by atoms with Gasteiger partial charge in [0.2, 0.25) is 5.88 Å².